The molecule has 2 unspecified atom stereocenters. The lowest BCUT2D eigenvalue weighted by Crippen LogP contribution is -2.40. The molecule has 0 fully saturated rings. The minimum atomic E-state index is -1.51. The molecule has 0 aromatic carbocycles. The number of quaternary nitrogens is 1. The lowest BCUT2D eigenvalue weighted by Gasteiger charge is -2.25. The van der Waals surface area contributed by atoms with E-state index in [1.807, 2.05) is 21.1 Å². The average molecular weight is 1040 g/mol. The molecule has 1 N–H and O–H groups in total. The van der Waals surface area contributed by atoms with E-state index in [1.54, 1.807) is 0 Å². The minimum Gasteiger partial charge on any atom is -0.477 e. The van der Waals surface area contributed by atoms with Crippen molar-refractivity contribution in [3.05, 3.63) is 60.8 Å². The smallest absolute Gasteiger partial charge is 0.361 e. The second-order valence-corrected chi connectivity index (χ2v) is 22.0. The molecule has 0 heterocycles. The molecule has 0 spiro atoms. The molecule has 0 aromatic rings. The quantitative estimate of drug-likeness (QED) is 0.0211. The number of esters is 2. The van der Waals surface area contributed by atoms with E-state index in [-0.39, 0.29) is 32.2 Å². The third kappa shape index (κ3) is 56.7. The molecule has 0 saturated carbocycles. The zero-order chi connectivity index (χ0) is 54.1. The van der Waals surface area contributed by atoms with E-state index < -0.39 is 24.3 Å². The molecule has 0 aliphatic heterocycles. The van der Waals surface area contributed by atoms with Crippen LogP contribution in [0.25, 0.3) is 0 Å². The standard InChI is InChI=1S/C65H117NO8/c1-6-8-10-12-14-16-18-19-20-21-22-23-24-25-26-27-28-29-30-31-32-33-34-35-36-37-38-39-40-41-42-43-44-45-46-48-50-52-54-56-63(68)74-61(60-73-65(64(69)70)71-58-57-66(3,4)5)59-72-62(67)55-53-51-49-47-17-15-13-11-9-7-2/h8,10-11,13-14,16,19-20,22-23,61,65H,6-7,9,12,15,17-18,21,24-60H2,1-5H3/p+1/b10-8-,13-11-,16-14-,20-19-,23-22-. The SMILES string of the molecule is CC/C=C\C/C=C\C/C=C\C/C=C\CCCCCCCCCCCCCCCCCCCCCCCCCCCCC(=O)OC(COC(=O)CCCCCCC/C=C\CCC)COC(OCC[N+](C)(C)C)C(=O)O. The Hall–Kier alpha value is -3.01. The molecule has 0 rings (SSSR count). The molecule has 0 bridgehead atoms. The highest BCUT2D eigenvalue weighted by atomic mass is 16.7. The Bertz CT molecular complexity index is 1400. The van der Waals surface area contributed by atoms with Crippen LogP contribution < -0.4 is 0 Å². The van der Waals surface area contributed by atoms with Crippen molar-refractivity contribution in [3.63, 3.8) is 0 Å². The second kappa shape index (κ2) is 56.2. The van der Waals surface area contributed by atoms with Crippen LogP contribution in [0, 0.1) is 0 Å². The summed E-state index contributed by atoms with van der Waals surface area (Å²) >= 11 is 0. The fraction of sp³-hybridized carbons (Fsp3) is 0.800. The molecular formula is C65H118NO8+. The maximum absolute atomic E-state index is 12.8. The Morgan fingerprint density at radius 3 is 1.16 bits per heavy atom. The lowest BCUT2D eigenvalue weighted by atomic mass is 10.0. The number of ether oxygens (including phenoxy) is 4. The molecule has 0 saturated heterocycles. The summed E-state index contributed by atoms with van der Waals surface area (Å²) in [6, 6.07) is 0. The van der Waals surface area contributed by atoms with Gasteiger partial charge in [-0.1, -0.05) is 254 Å². The van der Waals surface area contributed by atoms with Gasteiger partial charge < -0.3 is 28.5 Å². The minimum absolute atomic E-state index is 0.184. The number of nitrogens with zero attached hydrogens (tertiary/aromatic N) is 1. The van der Waals surface area contributed by atoms with Crippen molar-refractivity contribution in [1.29, 1.82) is 0 Å². The van der Waals surface area contributed by atoms with Gasteiger partial charge in [0, 0.05) is 12.8 Å². The summed E-state index contributed by atoms with van der Waals surface area (Å²) in [5.41, 5.74) is 0. The van der Waals surface area contributed by atoms with E-state index >= 15 is 0 Å². The predicted octanol–water partition coefficient (Wildman–Crippen LogP) is 18.4. The summed E-state index contributed by atoms with van der Waals surface area (Å²) in [6.45, 7) is 4.71. The van der Waals surface area contributed by atoms with Gasteiger partial charge in [-0.2, -0.15) is 0 Å². The molecule has 430 valence electrons. The Balaban J connectivity index is 3.88. The highest BCUT2D eigenvalue weighted by Crippen LogP contribution is 2.17. The number of aliphatic carboxylic acids is 1. The monoisotopic (exact) mass is 1040 g/mol. The summed E-state index contributed by atoms with van der Waals surface area (Å²) in [5.74, 6) is -2.01. The Morgan fingerprint density at radius 2 is 0.770 bits per heavy atom. The van der Waals surface area contributed by atoms with Crippen LogP contribution in [-0.2, 0) is 33.3 Å². The van der Waals surface area contributed by atoms with E-state index in [1.165, 1.54) is 161 Å². The molecule has 9 heteroatoms. The fourth-order valence-corrected chi connectivity index (χ4v) is 8.77. The molecule has 74 heavy (non-hydrogen) atoms. The molecule has 0 radical (unpaired) electrons. The van der Waals surface area contributed by atoms with E-state index in [9.17, 15) is 19.5 Å². The maximum atomic E-state index is 12.8. The van der Waals surface area contributed by atoms with Gasteiger partial charge in [-0.3, -0.25) is 9.59 Å². The van der Waals surface area contributed by atoms with Gasteiger partial charge in [0.25, 0.3) is 6.29 Å². The van der Waals surface area contributed by atoms with Crippen molar-refractivity contribution in [2.75, 3.05) is 47.5 Å². The van der Waals surface area contributed by atoms with Crippen LogP contribution in [0.4, 0.5) is 0 Å². The number of allylic oxidation sites excluding steroid dienone is 10. The number of carbonyl (C=O) groups is 3. The fourth-order valence-electron chi connectivity index (χ4n) is 8.77. The summed E-state index contributed by atoms with van der Waals surface area (Å²) in [4.78, 5) is 37.2. The topological polar surface area (TPSA) is 108 Å². The first-order valence-electron chi connectivity index (χ1n) is 31.0. The summed E-state index contributed by atoms with van der Waals surface area (Å²) < 4.78 is 22.8. The van der Waals surface area contributed by atoms with Crippen molar-refractivity contribution in [2.45, 2.75) is 289 Å². The van der Waals surface area contributed by atoms with Gasteiger partial charge in [0.05, 0.1) is 34.4 Å². The van der Waals surface area contributed by atoms with Crippen LogP contribution in [0.1, 0.15) is 277 Å². The first-order chi connectivity index (χ1) is 36.1. The van der Waals surface area contributed by atoms with Crippen LogP contribution in [0.5, 0.6) is 0 Å². The normalized spacial score (nSPS) is 13.1. The number of likely N-dealkylation sites (N-methyl/N-ethyl adjacent to an activating group) is 1. The van der Waals surface area contributed by atoms with Crippen LogP contribution >= 0.6 is 0 Å². The molecule has 0 aliphatic rings. The number of carbonyl (C=O) groups excluding carboxylic acids is 2. The lowest BCUT2D eigenvalue weighted by molar-refractivity contribution is -0.870. The van der Waals surface area contributed by atoms with Crippen molar-refractivity contribution in [3.8, 4) is 0 Å². The number of rotatable bonds is 57. The number of hydrogen-bond donors (Lipinski definition) is 1. The summed E-state index contributed by atoms with van der Waals surface area (Å²) in [5, 5.41) is 9.67. The van der Waals surface area contributed by atoms with Gasteiger partial charge >= 0.3 is 17.9 Å². The summed E-state index contributed by atoms with van der Waals surface area (Å²) in [7, 11) is 5.97. The average Bonchev–Trinajstić information content (AvgIpc) is 3.37. The van der Waals surface area contributed by atoms with E-state index in [0.717, 1.165) is 89.9 Å². The van der Waals surface area contributed by atoms with E-state index in [0.29, 0.717) is 17.4 Å². The number of carboxylic acids is 1. The highest BCUT2D eigenvalue weighted by molar-refractivity contribution is 5.71. The number of carboxylic acid groups (broad SMARTS) is 1. The van der Waals surface area contributed by atoms with Crippen molar-refractivity contribution < 1.29 is 42.9 Å². The van der Waals surface area contributed by atoms with Gasteiger partial charge in [-0.25, -0.2) is 4.79 Å². The van der Waals surface area contributed by atoms with Crippen LogP contribution in [-0.4, -0.2) is 87.4 Å². The van der Waals surface area contributed by atoms with Gasteiger partial charge in [0.1, 0.15) is 13.2 Å². The van der Waals surface area contributed by atoms with Crippen LogP contribution in [0.2, 0.25) is 0 Å². The first kappa shape index (κ1) is 71.0. The van der Waals surface area contributed by atoms with Gasteiger partial charge in [0.2, 0.25) is 0 Å². The van der Waals surface area contributed by atoms with Crippen molar-refractivity contribution >= 4 is 17.9 Å². The van der Waals surface area contributed by atoms with Gasteiger partial charge in [-0.15, -0.1) is 0 Å². The third-order valence-corrected chi connectivity index (χ3v) is 13.5. The zero-order valence-electron chi connectivity index (χ0n) is 49.0. The van der Waals surface area contributed by atoms with Gasteiger partial charge in [0.15, 0.2) is 6.10 Å². The van der Waals surface area contributed by atoms with Crippen LogP contribution in [0.15, 0.2) is 60.8 Å². The van der Waals surface area contributed by atoms with Crippen molar-refractivity contribution in [2.24, 2.45) is 0 Å². The molecule has 0 aliphatic carbocycles. The second-order valence-electron chi connectivity index (χ2n) is 22.0. The molecule has 9 nitrogen and oxygen atoms in total. The van der Waals surface area contributed by atoms with Crippen LogP contribution in [0.3, 0.4) is 0 Å². The molecule has 0 aromatic heterocycles. The summed E-state index contributed by atoms with van der Waals surface area (Å²) in [6.07, 6.45) is 69.3. The molecule has 2 atom stereocenters. The largest absolute Gasteiger partial charge is 0.477 e. The van der Waals surface area contributed by atoms with E-state index in [2.05, 4.69) is 74.6 Å². The Morgan fingerprint density at radius 1 is 0.419 bits per heavy atom. The Kier molecular flexibility index (Phi) is 53.9. The zero-order valence-corrected chi connectivity index (χ0v) is 49.0. The predicted molar refractivity (Wildman–Crippen MR) is 313 cm³/mol. The van der Waals surface area contributed by atoms with Gasteiger partial charge in [-0.05, 0) is 70.6 Å². The highest BCUT2D eigenvalue weighted by Gasteiger charge is 2.25. The molecule has 0 amide bonds. The first-order valence-corrected chi connectivity index (χ1v) is 31.0. The third-order valence-electron chi connectivity index (χ3n) is 13.5. The van der Waals surface area contributed by atoms with E-state index in [4.69, 9.17) is 18.9 Å². The van der Waals surface area contributed by atoms with Crippen molar-refractivity contribution in [1.82, 2.24) is 0 Å². The number of hydrogen-bond acceptors (Lipinski definition) is 7. The number of unbranched alkanes of at least 4 members (excludes halogenated alkanes) is 32. The Labute approximate surface area is 456 Å². The maximum Gasteiger partial charge on any atom is 0.361 e. The molecular weight excluding hydrogens is 923 g/mol.